The summed E-state index contributed by atoms with van der Waals surface area (Å²) in [7, 11) is 0. The van der Waals surface area contributed by atoms with Crippen molar-refractivity contribution in [2.45, 2.75) is 76.6 Å². The van der Waals surface area contributed by atoms with Crippen molar-refractivity contribution in [2.24, 2.45) is 0 Å². The second-order valence-corrected chi connectivity index (χ2v) is 6.79. The fourth-order valence-corrected chi connectivity index (χ4v) is 3.34. The molecule has 2 rings (SSSR count). The molecule has 1 heterocycles. The summed E-state index contributed by atoms with van der Waals surface area (Å²) in [4.78, 5) is 2.51. The van der Waals surface area contributed by atoms with E-state index in [9.17, 15) is 5.11 Å². The first-order chi connectivity index (χ1) is 7.96. The van der Waals surface area contributed by atoms with Gasteiger partial charge in [0.25, 0.3) is 0 Å². The van der Waals surface area contributed by atoms with E-state index in [1.165, 1.54) is 25.7 Å². The Hall–Kier alpha value is -0.120. The average molecular weight is 240 g/mol. The molecule has 2 aliphatic rings. The predicted octanol–water partition coefficient (Wildman–Crippen LogP) is 1.75. The second kappa shape index (κ2) is 5.25. The highest BCUT2D eigenvalue weighted by atomic mass is 16.3. The smallest absolute Gasteiger partial charge is 0.0679 e. The highest BCUT2D eigenvalue weighted by Gasteiger charge is 2.35. The summed E-state index contributed by atoms with van der Waals surface area (Å²) in [6.45, 7) is 8.70. The zero-order valence-corrected chi connectivity index (χ0v) is 11.6. The van der Waals surface area contributed by atoms with Gasteiger partial charge in [-0.3, -0.25) is 4.90 Å². The average Bonchev–Trinajstić information content (AvgIpc) is 2.63. The van der Waals surface area contributed by atoms with Gasteiger partial charge in [-0.05, 0) is 40.0 Å². The van der Waals surface area contributed by atoms with Crippen LogP contribution < -0.4 is 5.32 Å². The summed E-state index contributed by atoms with van der Waals surface area (Å²) in [5, 5.41) is 13.5. The maximum atomic E-state index is 9.69. The highest BCUT2D eigenvalue weighted by molar-refractivity contribution is 4.94. The summed E-state index contributed by atoms with van der Waals surface area (Å²) in [6, 6.07) is 1.24. The number of β-amino-alcohol motifs (C(OH)–C–C–N with tert-alkyl or cyclic N) is 1. The van der Waals surface area contributed by atoms with Crippen LogP contribution in [0.1, 0.15) is 52.9 Å². The van der Waals surface area contributed by atoms with Crippen LogP contribution in [0.2, 0.25) is 0 Å². The van der Waals surface area contributed by atoms with Gasteiger partial charge in [-0.1, -0.05) is 12.8 Å². The number of hydrogen-bond donors (Lipinski definition) is 2. The lowest BCUT2D eigenvalue weighted by atomic mass is 9.87. The summed E-state index contributed by atoms with van der Waals surface area (Å²) >= 11 is 0. The Labute approximate surface area is 106 Å². The summed E-state index contributed by atoms with van der Waals surface area (Å²) < 4.78 is 0. The van der Waals surface area contributed by atoms with Gasteiger partial charge in [0.15, 0.2) is 0 Å². The second-order valence-electron chi connectivity index (χ2n) is 6.79. The molecule has 17 heavy (non-hydrogen) atoms. The molecule has 0 aromatic rings. The molecular weight excluding hydrogens is 212 g/mol. The molecule has 0 bridgehead atoms. The van der Waals surface area contributed by atoms with Crippen LogP contribution in [0.5, 0.6) is 0 Å². The molecule has 0 radical (unpaired) electrons. The van der Waals surface area contributed by atoms with Crippen molar-refractivity contribution in [3.05, 3.63) is 0 Å². The van der Waals surface area contributed by atoms with E-state index >= 15 is 0 Å². The van der Waals surface area contributed by atoms with Crippen LogP contribution in [0, 0.1) is 0 Å². The monoisotopic (exact) mass is 240 g/mol. The third-order valence-corrected chi connectivity index (χ3v) is 4.01. The minimum Gasteiger partial charge on any atom is -0.392 e. The van der Waals surface area contributed by atoms with E-state index in [4.69, 9.17) is 0 Å². The first kappa shape index (κ1) is 13.3. The lowest BCUT2D eigenvalue weighted by Gasteiger charge is -2.41. The summed E-state index contributed by atoms with van der Waals surface area (Å²) in [6.07, 6.45) is 6.14. The van der Waals surface area contributed by atoms with Crippen molar-refractivity contribution in [1.29, 1.82) is 0 Å². The number of rotatable bonds is 2. The van der Waals surface area contributed by atoms with Crippen molar-refractivity contribution in [1.82, 2.24) is 10.2 Å². The fourth-order valence-electron chi connectivity index (χ4n) is 3.34. The van der Waals surface area contributed by atoms with Crippen LogP contribution in [0.3, 0.4) is 0 Å². The summed E-state index contributed by atoms with van der Waals surface area (Å²) in [5.74, 6) is 0. The van der Waals surface area contributed by atoms with E-state index < -0.39 is 0 Å². The molecule has 0 spiro atoms. The van der Waals surface area contributed by atoms with Gasteiger partial charge in [0.05, 0.1) is 6.10 Å². The Morgan fingerprint density at radius 3 is 2.41 bits per heavy atom. The lowest BCUT2D eigenvalue weighted by molar-refractivity contribution is 0.109. The van der Waals surface area contributed by atoms with Gasteiger partial charge in [0.1, 0.15) is 0 Å². The fraction of sp³-hybridized carbons (Fsp3) is 1.00. The molecule has 0 aromatic carbocycles. The van der Waals surface area contributed by atoms with Crippen LogP contribution in [-0.2, 0) is 0 Å². The van der Waals surface area contributed by atoms with Crippen LogP contribution in [-0.4, -0.2) is 46.8 Å². The number of nitrogens with one attached hydrogen (secondary N) is 1. The van der Waals surface area contributed by atoms with Gasteiger partial charge in [-0.15, -0.1) is 0 Å². The van der Waals surface area contributed by atoms with Gasteiger partial charge < -0.3 is 10.4 Å². The van der Waals surface area contributed by atoms with E-state index in [1.807, 2.05) is 0 Å². The van der Waals surface area contributed by atoms with Crippen molar-refractivity contribution in [3.63, 3.8) is 0 Å². The largest absolute Gasteiger partial charge is 0.392 e. The van der Waals surface area contributed by atoms with Crippen molar-refractivity contribution in [2.75, 3.05) is 13.1 Å². The van der Waals surface area contributed by atoms with Crippen molar-refractivity contribution < 1.29 is 5.11 Å². The molecule has 1 saturated heterocycles. The zero-order valence-electron chi connectivity index (χ0n) is 11.6. The number of aliphatic hydroxyl groups is 1. The van der Waals surface area contributed by atoms with Gasteiger partial charge >= 0.3 is 0 Å². The molecule has 1 aliphatic heterocycles. The van der Waals surface area contributed by atoms with Gasteiger partial charge in [-0.2, -0.15) is 0 Å². The number of aliphatic hydroxyl groups excluding tert-OH is 1. The molecule has 0 aromatic heterocycles. The maximum absolute atomic E-state index is 9.69. The quantitative estimate of drug-likeness (QED) is 0.772. The number of likely N-dealkylation sites (tertiary alicyclic amines) is 1. The molecular formula is C14H28N2O. The first-order valence-corrected chi connectivity index (χ1v) is 7.15. The highest BCUT2D eigenvalue weighted by Crippen LogP contribution is 2.27. The summed E-state index contributed by atoms with van der Waals surface area (Å²) in [5.41, 5.74) is 0.193. The molecule has 1 saturated carbocycles. The molecule has 3 atom stereocenters. The van der Waals surface area contributed by atoms with E-state index in [0.717, 1.165) is 19.5 Å². The third-order valence-electron chi connectivity index (χ3n) is 4.01. The Morgan fingerprint density at radius 1 is 1.12 bits per heavy atom. The Balaban J connectivity index is 1.97. The first-order valence-electron chi connectivity index (χ1n) is 7.15. The predicted molar refractivity (Wildman–Crippen MR) is 71.1 cm³/mol. The van der Waals surface area contributed by atoms with Gasteiger partial charge in [0.2, 0.25) is 0 Å². The van der Waals surface area contributed by atoms with Crippen molar-refractivity contribution in [3.8, 4) is 0 Å². The van der Waals surface area contributed by atoms with E-state index in [0.29, 0.717) is 12.1 Å². The Morgan fingerprint density at radius 2 is 1.82 bits per heavy atom. The molecule has 1 aliphatic carbocycles. The molecule has 0 amide bonds. The van der Waals surface area contributed by atoms with E-state index in [-0.39, 0.29) is 11.6 Å². The topological polar surface area (TPSA) is 35.5 Å². The standard InChI is InChI=1S/C14H28N2O/c1-14(2,3)15-12-6-4-5-7-13(12)16-9-8-11(17)10-16/h11-13,15,17H,4-10H2,1-3H3/t11-,12+,13+/m1/s1. The maximum Gasteiger partial charge on any atom is 0.0679 e. The Kier molecular flexibility index (Phi) is 4.11. The SMILES string of the molecule is CC(C)(C)N[C@H]1CCCC[C@@H]1N1CC[C@@H](O)C1. The molecule has 2 N–H and O–H groups in total. The van der Waals surface area contributed by atoms with Gasteiger partial charge in [0, 0.05) is 30.7 Å². The zero-order chi connectivity index (χ0) is 12.5. The molecule has 3 heteroatoms. The van der Waals surface area contributed by atoms with Gasteiger partial charge in [-0.25, -0.2) is 0 Å². The molecule has 100 valence electrons. The Bertz CT molecular complexity index is 249. The van der Waals surface area contributed by atoms with Crippen molar-refractivity contribution >= 4 is 0 Å². The van der Waals surface area contributed by atoms with E-state index in [2.05, 4.69) is 31.0 Å². The molecule has 2 fully saturated rings. The number of nitrogens with zero attached hydrogens (tertiary/aromatic N) is 1. The normalized spacial score (nSPS) is 36.4. The third kappa shape index (κ3) is 3.67. The van der Waals surface area contributed by atoms with Crippen LogP contribution >= 0.6 is 0 Å². The van der Waals surface area contributed by atoms with Crippen LogP contribution in [0.25, 0.3) is 0 Å². The van der Waals surface area contributed by atoms with Crippen LogP contribution in [0.15, 0.2) is 0 Å². The minimum atomic E-state index is -0.0905. The molecule has 0 unspecified atom stereocenters. The molecule has 3 nitrogen and oxygen atoms in total. The minimum absolute atomic E-state index is 0.0905. The van der Waals surface area contributed by atoms with E-state index in [1.54, 1.807) is 0 Å². The van der Waals surface area contributed by atoms with Crippen LogP contribution in [0.4, 0.5) is 0 Å². The number of hydrogen-bond acceptors (Lipinski definition) is 3. The lowest BCUT2D eigenvalue weighted by Crippen LogP contribution is -2.56.